The number of hydrogen-bond donors (Lipinski definition) is 0. The van der Waals surface area contributed by atoms with Crippen LogP contribution in [0.1, 0.15) is 39.2 Å². The Hall–Kier alpha value is -2.54. The fraction of sp³-hybridized carbons (Fsp3) is 0.417. The van der Waals surface area contributed by atoms with Crippen LogP contribution >= 0.6 is 11.9 Å². The first-order valence-corrected chi connectivity index (χ1v) is 11.3. The highest BCUT2D eigenvalue weighted by Crippen LogP contribution is 2.53. The highest BCUT2D eigenvalue weighted by atomic mass is 32.2. The predicted octanol–water partition coefficient (Wildman–Crippen LogP) is 5.20. The maximum absolute atomic E-state index is 13.9. The number of amides is 1. The molecule has 0 aliphatic carbocycles. The number of nitrogens with zero attached hydrogens (tertiary/aromatic N) is 2. The molecule has 2 atom stereocenters. The van der Waals surface area contributed by atoms with Gasteiger partial charge < -0.3 is 13.9 Å². The van der Waals surface area contributed by atoms with Gasteiger partial charge >= 0.3 is 6.09 Å². The molecule has 0 aromatic heterocycles. The summed E-state index contributed by atoms with van der Waals surface area (Å²) >= 11 is 1.44. The number of piperidine rings is 1. The summed E-state index contributed by atoms with van der Waals surface area (Å²) in [5, 5.41) is 0. The summed E-state index contributed by atoms with van der Waals surface area (Å²) in [5.74, 6) is -0.209. The zero-order chi connectivity index (χ0) is 22.2. The van der Waals surface area contributed by atoms with Crippen LogP contribution < -0.4 is 4.31 Å². The Kier molecular flexibility index (Phi) is 5.73. The van der Waals surface area contributed by atoms with Crippen molar-refractivity contribution in [2.75, 3.05) is 10.8 Å². The van der Waals surface area contributed by atoms with Crippen molar-refractivity contribution in [1.29, 1.82) is 0 Å². The number of Topliss-reactive ketones (excluding diaryl/α,β-unsaturated/α-hetero) is 1. The van der Waals surface area contributed by atoms with Gasteiger partial charge in [-0.3, -0.25) is 4.79 Å². The first-order chi connectivity index (χ1) is 14.7. The Balaban J connectivity index is 1.53. The summed E-state index contributed by atoms with van der Waals surface area (Å²) in [4.78, 5) is 28.0. The molecule has 7 heteroatoms. The molecule has 2 heterocycles. The molecule has 1 spiro atoms. The lowest BCUT2D eigenvalue weighted by atomic mass is 9.76. The SMILES string of the molecule is C[C@H]1C[C@]2(CCN1C(=O)OCc1ccccc1)C(=O)C(C)(C)SN2c1cccc(F)c1. The van der Waals surface area contributed by atoms with Gasteiger partial charge in [0.05, 0.1) is 10.4 Å². The number of anilines is 1. The number of ether oxygens (including phenoxy) is 1. The molecule has 0 bridgehead atoms. The van der Waals surface area contributed by atoms with Crippen LogP contribution in [0.3, 0.4) is 0 Å². The number of ketones is 1. The third kappa shape index (κ3) is 4.03. The van der Waals surface area contributed by atoms with Gasteiger partial charge in [0.2, 0.25) is 0 Å². The molecule has 0 N–H and O–H groups in total. The normalized spacial score (nSPS) is 25.2. The lowest BCUT2D eigenvalue weighted by Crippen LogP contribution is -2.60. The van der Waals surface area contributed by atoms with Gasteiger partial charge in [0, 0.05) is 12.6 Å². The minimum absolute atomic E-state index is 0.124. The topological polar surface area (TPSA) is 49.9 Å². The van der Waals surface area contributed by atoms with Crippen LogP contribution in [0.15, 0.2) is 54.6 Å². The van der Waals surface area contributed by atoms with Crippen molar-refractivity contribution in [3.63, 3.8) is 0 Å². The van der Waals surface area contributed by atoms with E-state index in [0.717, 1.165) is 5.56 Å². The summed E-state index contributed by atoms with van der Waals surface area (Å²) in [5.41, 5.74) is 0.826. The zero-order valence-corrected chi connectivity index (χ0v) is 18.8. The Morgan fingerprint density at radius 1 is 1.19 bits per heavy atom. The van der Waals surface area contributed by atoms with Crippen molar-refractivity contribution in [3.05, 3.63) is 66.0 Å². The highest BCUT2D eigenvalue weighted by Gasteiger charge is 2.60. The van der Waals surface area contributed by atoms with Gasteiger partial charge in [-0.15, -0.1) is 0 Å². The van der Waals surface area contributed by atoms with Crippen LogP contribution in [-0.4, -0.2) is 39.6 Å². The molecule has 0 saturated carbocycles. The van der Waals surface area contributed by atoms with E-state index in [0.29, 0.717) is 25.1 Å². The Morgan fingerprint density at radius 2 is 1.94 bits per heavy atom. The third-order valence-electron chi connectivity index (χ3n) is 6.09. The second kappa shape index (κ2) is 8.19. The zero-order valence-electron chi connectivity index (χ0n) is 18.0. The largest absolute Gasteiger partial charge is 0.445 e. The van der Waals surface area contributed by atoms with Gasteiger partial charge in [-0.05, 0) is 69.3 Å². The number of carbonyl (C=O) groups is 2. The maximum atomic E-state index is 13.9. The van der Waals surface area contributed by atoms with Crippen LogP contribution in [0.25, 0.3) is 0 Å². The van der Waals surface area contributed by atoms with E-state index >= 15 is 0 Å². The summed E-state index contributed by atoms with van der Waals surface area (Å²) < 4.78 is 20.8. The van der Waals surface area contributed by atoms with Crippen molar-refractivity contribution in [2.24, 2.45) is 0 Å². The summed E-state index contributed by atoms with van der Waals surface area (Å²) in [7, 11) is 0. The molecule has 2 aromatic rings. The molecule has 2 aliphatic rings. The summed E-state index contributed by atoms with van der Waals surface area (Å²) in [6, 6.07) is 15.7. The standard InChI is InChI=1S/C24H27FN2O3S/c1-17-15-24(12-13-26(17)22(29)30-16-18-8-5-4-6-9-18)21(28)23(2,3)31-27(24)20-11-7-10-19(25)14-20/h4-11,14,17H,12-13,15-16H2,1-3H3/t17-,24+/m0/s1. The first kappa shape index (κ1) is 21.7. The van der Waals surface area contributed by atoms with Crippen molar-refractivity contribution in [3.8, 4) is 0 Å². The molecule has 2 saturated heterocycles. The van der Waals surface area contributed by atoms with Crippen LogP contribution in [0.2, 0.25) is 0 Å². The molecule has 164 valence electrons. The highest BCUT2D eigenvalue weighted by molar-refractivity contribution is 8.03. The van der Waals surface area contributed by atoms with Gasteiger partial charge in [-0.25, -0.2) is 9.18 Å². The van der Waals surface area contributed by atoms with E-state index in [1.807, 2.05) is 61.5 Å². The predicted molar refractivity (Wildman–Crippen MR) is 120 cm³/mol. The number of halogens is 1. The molecule has 2 aliphatic heterocycles. The Morgan fingerprint density at radius 3 is 2.61 bits per heavy atom. The Labute approximate surface area is 186 Å². The molecule has 4 rings (SSSR count). The number of likely N-dealkylation sites (tertiary alicyclic amines) is 1. The van der Waals surface area contributed by atoms with E-state index in [2.05, 4.69) is 0 Å². The Bertz CT molecular complexity index is 984. The van der Waals surface area contributed by atoms with Gasteiger partial charge in [0.25, 0.3) is 0 Å². The molecular weight excluding hydrogens is 415 g/mol. The molecule has 0 unspecified atom stereocenters. The minimum Gasteiger partial charge on any atom is -0.445 e. The monoisotopic (exact) mass is 442 g/mol. The molecule has 2 aromatic carbocycles. The molecule has 1 amide bonds. The number of rotatable bonds is 3. The lowest BCUT2D eigenvalue weighted by molar-refractivity contribution is -0.126. The average molecular weight is 443 g/mol. The van der Waals surface area contributed by atoms with E-state index in [4.69, 9.17) is 4.74 Å². The fourth-order valence-corrected chi connectivity index (χ4v) is 5.97. The van der Waals surface area contributed by atoms with E-state index in [1.165, 1.54) is 24.1 Å². The van der Waals surface area contributed by atoms with Gasteiger partial charge in [-0.1, -0.05) is 36.4 Å². The van der Waals surface area contributed by atoms with Crippen molar-refractivity contribution < 1.29 is 18.7 Å². The van der Waals surface area contributed by atoms with Crippen molar-refractivity contribution in [1.82, 2.24) is 4.90 Å². The third-order valence-corrected chi connectivity index (χ3v) is 7.48. The van der Waals surface area contributed by atoms with Crippen molar-refractivity contribution >= 4 is 29.5 Å². The smallest absolute Gasteiger partial charge is 0.410 e. The maximum Gasteiger partial charge on any atom is 0.410 e. The second-order valence-electron chi connectivity index (χ2n) is 8.77. The van der Waals surface area contributed by atoms with Crippen LogP contribution in [-0.2, 0) is 16.1 Å². The molecule has 0 radical (unpaired) electrons. The van der Waals surface area contributed by atoms with Gasteiger partial charge in [0.1, 0.15) is 18.0 Å². The molecule has 5 nitrogen and oxygen atoms in total. The fourth-order valence-electron chi connectivity index (χ4n) is 4.60. The van der Waals surface area contributed by atoms with Gasteiger partial charge in [0.15, 0.2) is 5.78 Å². The second-order valence-corrected chi connectivity index (χ2v) is 10.3. The molecule has 31 heavy (non-hydrogen) atoms. The van der Waals surface area contributed by atoms with Crippen LogP contribution in [0.5, 0.6) is 0 Å². The number of hydrogen-bond acceptors (Lipinski definition) is 5. The van der Waals surface area contributed by atoms with E-state index < -0.39 is 10.3 Å². The molecule has 2 fully saturated rings. The number of benzene rings is 2. The quantitative estimate of drug-likeness (QED) is 0.612. The summed E-state index contributed by atoms with van der Waals surface area (Å²) in [6.07, 6.45) is 0.573. The summed E-state index contributed by atoms with van der Waals surface area (Å²) in [6.45, 7) is 6.38. The average Bonchev–Trinajstić information content (AvgIpc) is 2.94. The van der Waals surface area contributed by atoms with Crippen LogP contribution in [0, 0.1) is 5.82 Å². The minimum atomic E-state index is -0.780. The van der Waals surface area contributed by atoms with E-state index in [-0.39, 0.29) is 30.3 Å². The van der Waals surface area contributed by atoms with E-state index in [9.17, 15) is 14.0 Å². The van der Waals surface area contributed by atoms with E-state index in [1.54, 1.807) is 11.0 Å². The number of carbonyl (C=O) groups excluding carboxylic acids is 2. The first-order valence-electron chi connectivity index (χ1n) is 10.5. The van der Waals surface area contributed by atoms with Gasteiger partial charge in [-0.2, -0.15) is 0 Å². The molecular formula is C24H27FN2O3S. The lowest BCUT2D eigenvalue weighted by Gasteiger charge is -2.46. The van der Waals surface area contributed by atoms with Crippen molar-refractivity contribution in [2.45, 2.75) is 56.5 Å². The van der Waals surface area contributed by atoms with Crippen LogP contribution in [0.4, 0.5) is 14.9 Å².